The highest BCUT2D eigenvalue weighted by Gasteiger charge is 2.20. The molecule has 0 spiro atoms. The van der Waals surface area contributed by atoms with E-state index in [9.17, 15) is 4.79 Å². The predicted molar refractivity (Wildman–Crippen MR) is 97.1 cm³/mol. The minimum atomic E-state index is -0.433. The summed E-state index contributed by atoms with van der Waals surface area (Å²) >= 11 is 9.67. The lowest BCUT2D eigenvalue weighted by Crippen LogP contribution is -2.09. The van der Waals surface area contributed by atoms with Gasteiger partial charge in [-0.3, -0.25) is 0 Å². The zero-order chi connectivity index (χ0) is 16.2. The monoisotopic (exact) mass is 366 g/mol. The van der Waals surface area contributed by atoms with Crippen LogP contribution in [0.1, 0.15) is 20.5 Å². The molecule has 1 fully saturated rings. The zero-order valence-electron chi connectivity index (χ0n) is 12.5. The maximum Gasteiger partial charge on any atom is 0.343 e. The summed E-state index contributed by atoms with van der Waals surface area (Å²) in [6, 6.07) is 12.3. The molecule has 0 aliphatic carbocycles. The average Bonchev–Trinajstić information content (AvgIpc) is 3.10. The molecule has 0 bridgehead atoms. The fraction of sp³-hybridized carbons (Fsp3) is 0.235. The Bertz CT molecular complexity index is 697. The van der Waals surface area contributed by atoms with E-state index in [1.807, 2.05) is 35.7 Å². The molecule has 6 heteroatoms. The van der Waals surface area contributed by atoms with Gasteiger partial charge in [0.25, 0.3) is 0 Å². The minimum absolute atomic E-state index is 0.421. The average molecular weight is 367 g/mol. The number of halogens is 1. The molecule has 23 heavy (non-hydrogen) atoms. The van der Waals surface area contributed by atoms with Crippen molar-refractivity contribution in [2.24, 2.45) is 0 Å². The van der Waals surface area contributed by atoms with E-state index in [1.165, 1.54) is 5.56 Å². The number of hydrogen-bond acceptors (Lipinski definition) is 5. The standard InChI is InChI=1S/C17H15ClO3S2/c1-20-15-10-12(17-22-8-9-23-17)4-7-14(15)21-16(19)11-2-5-13(18)6-3-11/h2-7,10,17H,8-9H2,1H3. The van der Waals surface area contributed by atoms with E-state index in [2.05, 4.69) is 0 Å². The lowest BCUT2D eigenvalue weighted by atomic mass is 10.2. The van der Waals surface area contributed by atoms with Crippen molar-refractivity contribution in [2.45, 2.75) is 4.58 Å². The van der Waals surface area contributed by atoms with E-state index < -0.39 is 5.97 Å². The van der Waals surface area contributed by atoms with Crippen LogP contribution in [-0.2, 0) is 0 Å². The predicted octanol–water partition coefficient (Wildman–Crippen LogP) is 5.05. The topological polar surface area (TPSA) is 35.5 Å². The van der Waals surface area contributed by atoms with Crippen molar-refractivity contribution in [1.29, 1.82) is 0 Å². The van der Waals surface area contributed by atoms with E-state index in [0.717, 1.165) is 11.5 Å². The zero-order valence-corrected chi connectivity index (χ0v) is 14.8. The Kier molecular flexibility index (Phi) is 5.41. The van der Waals surface area contributed by atoms with Crippen LogP contribution in [0, 0.1) is 0 Å². The number of methoxy groups -OCH3 is 1. The first-order valence-electron chi connectivity index (χ1n) is 7.06. The summed E-state index contributed by atoms with van der Waals surface area (Å²) in [5, 5.41) is 0.579. The summed E-state index contributed by atoms with van der Waals surface area (Å²) in [5.74, 6) is 2.87. The molecule has 0 saturated carbocycles. The Morgan fingerprint density at radius 1 is 1.09 bits per heavy atom. The van der Waals surface area contributed by atoms with E-state index in [-0.39, 0.29) is 0 Å². The van der Waals surface area contributed by atoms with Crippen molar-refractivity contribution in [3.8, 4) is 11.5 Å². The number of carbonyl (C=O) groups excluding carboxylic acids is 1. The lowest BCUT2D eigenvalue weighted by Gasteiger charge is -2.13. The molecule has 1 saturated heterocycles. The molecule has 120 valence electrons. The third-order valence-corrected chi connectivity index (χ3v) is 6.72. The molecule has 2 aromatic rings. The van der Waals surface area contributed by atoms with Crippen LogP contribution in [0.2, 0.25) is 5.02 Å². The maximum absolute atomic E-state index is 12.2. The van der Waals surface area contributed by atoms with Crippen LogP contribution < -0.4 is 9.47 Å². The molecule has 3 rings (SSSR count). The first kappa shape index (κ1) is 16.6. The highest BCUT2D eigenvalue weighted by molar-refractivity contribution is 8.19. The van der Waals surface area contributed by atoms with E-state index in [4.69, 9.17) is 21.1 Å². The Labute approximate surface area is 148 Å². The van der Waals surface area contributed by atoms with Crippen LogP contribution in [0.4, 0.5) is 0 Å². The van der Waals surface area contributed by atoms with Crippen molar-refractivity contribution in [3.63, 3.8) is 0 Å². The van der Waals surface area contributed by atoms with Crippen LogP contribution in [0.25, 0.3) is 0 Å². The molecule has 1 aliphatic heterocycles. The summed E-state index contributed by atoms with van der Waals surface area (Å²) in [6.45, 7) is 0. The summed E-state index contributed by atoms with van der Waals surface area (Å²) in [4.78, 5) is 12.2. The van der Waals surface area contributed by atoms with Crippen molar-refractivity contribution in [1.82, 2.24) is 0 Å². The molecule has 0 amide bonds. The smallest absolute Gasteiger partial charge is 0.343 e. The van der Waals surface area contributed by atoms with Crippen LogP contribution in [0.3, 0.4) is 0 Å². The molecule has 0 aromatic heterocycles. The highest BCUT2D eigenvalue weighted by atomic mass is 35.5. The second-order valence-corrected chi connectivity index (χ2v) is 8.04. The van der Waals surface area contributed by atoms with Crippen molar-refractivity contribution in [2.75, 3.05) is 18.6 Å². The molecule has 2 aromatic carbocycles. The third kappa shape index (κ3) is 3.97. The van der Waals surface area contributed by atoms with Gasteiger partial charge in [0.2, 0.25) is 0 Å². The van der Waals surface area contributed by atoms with Crippen molar-refractivity contribution < 1.29 is 14.3 Å². The number of thioether (sulfide) groups is 2. The van der Waals surface area contributed by atoms with Gasteiger partial charge < -0.3 is 9.47 Å². The number of hydrogen-bond donors (Lipinski definition) is 0. The van der Waals surface area contributed by atoms with E-state index in [0.29, 0.717) is 26.7 Å². The van der Waals surface area contributed by atoms with Crippen molar-refractivity contribution >= 4 is 41.1 Å². The Morgan fingerprint density at radius 2 is 1.78 bits per heavy atom. The fourth-order valence-electron chi connectivity index (χ4n) is 2.21. The van der Waals surface area contributed by atoms with Crippen LogP contribution in [0.15, 0.2) is 42.5 Å². The molecule has 0 radical (unpaired) electrons. The molecule has 3 nitrogen and oxygen atoms in total. The van der Waals surface area contributed by atoms with Gasteiger partial charge in [-0.25, -0.2) is 4.79 Å². The number of rotatable bonds is 4. The molecular formula is C17H15ClO3S2. The Hall–Kier alpha value is -1.30. The van der Waals surface area contributed by atoms with Crippen molar-refractivity contribution in [3.05, 3.63) is 58.6 Å². The second kappa shape index (κ2) is 7.51. The van der Waals surface area contributed by atoms with Gasteiger partial charge in [-0.2, -0.15) is 0 Å². The highest BCUT2D eigenvalue weighted by Crippen LogP contribution is 2.46. The first-order chi connectivity index (χ1) is 11.2. The van der Waals surface area contributed by atoms with Crippen LogP contribution in [0.5, 0.6) is 11.5 Å². The summed E-state index contributed by atoms with van der Waals surface area (Å²) in [7, 11) is 1.58. The fourth-order valence-corrected chi connectivity index (χ4v) is 5.18. The van der Waals surface area contributed by atoms with Crippen LogP contribution in [-0.4, -0.2) is 24.6 Å². The van der Waals surface area contributed by atoms with Gasteiger partial charge in [-0.05, 0) is 42.0 Å². The number of benzene rings is 2. The number of ether oxygens (including phenoxy) is 2. The van der Waals surface area contributed by atoms with Gasteiger partial charge in [0.15, 0.2) is 11.5 Å². The number of carbonyl (C=O) groups is 1. The van der Waals surface area contributed by atoms with Gasteiger partial charge in [0.05, 0.1) is 17.3 Å². The van der Waals surface area contributed by atoms with Gasteiger partial charge in [-0.1, -0.05) is 17.7 Å². The lowest BCUT2D eigenvalue weighted by molar-refractivity contribution is 0.0729. The number of esters is 1. The minimum Gasteiger partial charge on any atom is -0.493 e. The molecule has 0 N–H and O–H groups in total. The van der Waals surface area contributed by atoms with Gasteiger partial charge >= 0.3 is 5.97 Å². The summed E-state index contributed by atoms with van der Waals surface area (Å²) in [5.41, 5.74) is 1.63. The molecular weight excluding hydrogens is 352 g/mol. The quantitative estimate of drug-likeness (QED) is 0.559. The van der Waals surface area contributed by atoms with E-state index >= 15 is 0 Å². The molecule has 1 aliphatic rings. The normalized spacial score (nSPS) is 14.7. The Balaban J connectivity index is 1.79. The summed E-state index contributed by atoms with van der Waals surface area (Å²) in [6.07, 6.45) is 0. The third-order valence-electron chi connectivity index (χ3n) is 3.36. The van der Waals surface area contributed by atoms with Gasteiger partial charge in [-0.15, -0.1) is 23.5 Å². The largest absolute Gasteiger partial charge is 0.493 e. The Morgan fingerprint density at radius 3 is 2.43 bits per heavy atom. The van der Waals surface area contributed by atoms with Crippen LogP contribution >= 0.6 is 35.1 Å². The van der Waals surface area contributed by atoms with E-state index in [1.54, 1.807) is 37.4 Å². The second-order valence-electron chi connectivity index (χ2n) is 4.88. The van der Waals surface area contributed by atoms with Gasteiger partial charge in [0, 0.05) is 16.5 Å². The summed E-state index contributed by atoms with van der Waals surface area (Å²) < 4.78 is 11.3. The first-order valence-corrected chi connectivity index (χ1v) is 9.54. The molecule has 0 atom stereocenters. The maximum atomic E-state index is 12.2. The van der Waals surface area contributed by atoms with Gasteiger partial charge in [0.1, 0.15) is 0 Å². The SMILES string of the molecule is COc1cc(C2SCCS2)ccc1OC(=O)c1ccc(Cl)cc1. The molecule has 1 heterocycles. The molecule has 0 unspecified atom stereocenters.